The van der Waals surface area contributed by atoms with Gasteiger partial charge in [0, 0.05) is 18.8 Å². The number of hydrogen-bond donors (Lipinski definition) is 0. The van der Waals surface area contributed by atoms with E-state index in [1.165, 1.54) is 4.90 Å². The second-order valence-electron chi connectivity index (χ2n) is 6.61. The van der Waals surface area contributed by atoms with E-state index in [-0.39, 0.29) is 11.8 Å². The second kappa shape index (κ2) is 8.08. The van der Waals surface area contributed by atoms with Gasteiger partial charge in [0.25, 0.3) is 11.8 Å². The number of rotatable bonds is 8. The summed E-state index contributed by atoms with van der Waals surface area (Å²) < 4.78 is 7.36. The fourth-order valence-electron chi connectivity index (χ4n) is 3.33. The van der Waals surface area contributed by atoms with E-state index >= 15 is 0 Å². The molecule has 29 heavy (non-hydrogen) atoms. The first kappa shape index (κ1) is 19.2. The van der Waals surface area contributed by atoms with Gasteiger partial charge in [0.05, 0.1) is 23.0 Å². The summed E-state index contributed by atoms with van der Waals surface area (Å²) in [5, 5.41) is 9.38. The normalized spacial score (nSPS) is 13.2. The van der Waals surface area contributed by atoms with E-state index in [1.807, 2.05) is 17.6 Å². The predicted octanol–water partition coefficient (Wildman–Crippen LogP) is 3.81. The van der Waals surface area contributed by atoms with Crippen molar-refractivity contribution in [3.8, 4) is 11.4 Å². The number of thioether (sulfide) groups is 1. The Hall–Kier alpha value is -3.13. The van der Waals surface area contributed by atoms with Crippen LogP contribution in [-0.2, 0) is 6.54 Å². The molecular formula is C21H20N4O3S. The first-order valence-electron chi connectivity index (χ1n) is 9.28. The van der Waals surface area contributed by atoms with Crippen molar-refractivity contribution in [2.45, 2.75) is 25.0 Å². The smallest absolute Gasteiger partial charge is 0.261 e. The fraction of sp³-hybridized carbons (Fsp3) is 0.238. The molecule has 0 aliphatic carbocycles. The van der Waals surface area contributed by atoms with Gasteiger partial charge in [-0.15, -0.1) is 16.8 Å². The predicted molar refractivity (Wildman–Crippen MR) is 110 cm³/mol. The molecule has 0 atom stereocenters. The minimum absolute atomic E-state index is 0.219. The highest BCUT2D eigenvalue weighted by atomic mass is 32.2. The second-order valence-corrected chi connectivity index (χ2v) is 7.67. The maximum atomic E-state index is 12.4. The van der Waals surface area contributed by atoms with Crippen molar-refractivity contribution in [2.24, 2.45) is 0 Å². The number of amides is 2. The number of nitrogens with zero attached hydrogens (tertiary/aromatic N) is 4. The molecule has 0 saturated carbocycles. The van der Waals surface area contributed by atoms with E-state index in [0.717, 1.165) is 22.3 Å². The summed E-state index contributed by atoms with van der Waals surface area (Å²) in [5.74, 6) is 1.78. The third kappa shape index (κ3) is 3.51. The van der Waals surface area contributed by atoms with Crippen LogP contribution in [0.3, 0.4) is 0 Å². The van der Waals surface area contributed by atoms with Gasteiger partial charge in [-0.3, -0.25) is 19.1 Å². The van der Waals surface area contributed by atoms with Crippen LogP contribution in [0.25, 0.3) is 11.4 Å². The third-order valence-corrected chi connectivity index (χ3v) is 5.82. The molecule has 3 heterocycles. The van der Waals surface area contributed by atoms with E-state index in [0.29, 0.717) is 36.4 Å². The molecule has 0 radical (unpaired) electrons. The SMILES string of the molecule is C=CCn1c(SCCCN2C(=O)c3ccccc3C2=O)nnc1-c1ccoc1C. The molecule has 2 amide bonds. The Labute approximate surface area is 172 Å². The zero-order valence-corrected chi connectivity index (χ0v) is 16.8. The summed E-state index contributed by atoms with van der Waals surface area (Å²) in [6, 6.07) is 8.81. The maximum absolute atomic E-state index is 12.4. The number of carbonyl (C=O) groups excluding carboxylic acids is 2. The number of hydrogen-bond acceptors (Lipinski definition) is 6. The maximum Gasteiger partial charge on any atom is 0.261 e. The van der Waals surface area contributed by atoms with Crippen LogP contribution in [-0.4, -0.2) is 43.8 Å². The lowest BCUT2D eigenvalue weighted by molar-refractivity contribution is 0.0655. The summed E-state index contributed by atoms with van der Waals surface area (Å²) in [6.45, 7) is 6.66. The highest BCUT2D eigenvalue weighted by Gasteiger charge is 2.34. The average Bonchev–Trinajstić information content (AvgIpc) is 3.39. The Kier molecular flexibility index (Phi) is 5.35. The lowest BCUT2D eigenvalue weighted by atomic mass is 10.1. The van der Waals surface area contributed by atoms with E-state index in [2.05, 4.69) is 16.8 Å². The fourth-order valence-corrected chi connectivity index (χ4v) is 4.21. The van der Waals surface area contributed by atoms with Gasteiger partial charge in [0.1, 0.15) is 5.76 Å². The van der Waals surface area contributed by atoms with Gasteiger partial charge < -0.3 is 4.42 Å². The largest absolute Gasteiger partial charge is 0.469 e. The summed E-state index contributed by atoms with van der Waals surface area (Å²) in [5.41, 5.74) is 1.87. The molecular weight excluding hydrogens is 388 g/mol. The van der Waals surface area contributed by atoms with Gasteiger partial charge in [-0.1, -0.05) is 30.0 Å². The highest BCUT2D eigenvalue weighted by molar-refractivity contribution is 7.99. The Bertz CT molecular complexity index is 1050. The molecule has 0 unspecified atom stereocenters. The van der Waals surface area contributed by atoms with Crippen molar-refractivity contribution in [3.05, 3.63) is 66.1 Å². The number of furan rings is 1. The molecule has 4 rings (SSSR count). The molecule has 1 aliphatic heterocycles. The van der Waals surface area contributed by atoms with Crippen molar-refractivity contribution in [2.75, 3.05) is 12.3 Å². The van der Waals surface area contributed by atoms with E-state index in [4.69, 9.17) is 4.42 Å². The molecule has 0 N–H and O–H groups in total. The standard InChI is InChI=1S/C21H20N4O3S/c1-3-10-24-18(15-9-12-28-14(15)2)22-23-21(24)29-13-6-11-25-19(26)16-7-4-5-8-17(16)20(25)27/h3-5,7-9,12H,1,6,10-11,13H2,2H3. The molecule has 8 heteroatoms. The molecule has 0 saturated heterocycles. The number of allylic oxidation sites excluding steroid dienone is 1. The topological polar surface area (TPSA) is 81.2 Å². The zero-order valence-electron chi connectivity index (χ0n) is 16.0. The molecule has 0 fully saturated rings. The van der Waals surface area contributed by atoms with E-state index in [1.54, 1.807) is 48.4 Å². The van der Waals surface area contributed by atoms with Gasteiger partial charge in [-0.25, -0.2) is 0 Å². The quantitative estimate of drug-likeness (QED) is 0.244. The average molecular weight is 408 g/mol. The Morgan fingerprint density at radius 1 is 1.10 bits per heavy atom. The molecule has 1 aliphatic rings. The molecule has 0 bridgehead atoms. The van der Waals surface area contributed by atoms with Gasteiger partial charge in [0.2, 0.25) is 0 Å². The molecule has 0 spiro atoms. The first-order valence-corrected chi connectivity index (χ1v) is 10.3. The number of aryl methyl sites for hydroxylation is 1. The Morgan fingerprint density at radius 2 is 1.83 bits per heavy atom. The number of fused-ring (bicyclic) bond motifs is 1. The molecule has 148 valence electrons. The van der Waals surface area contributed by atoms with Crippen LogP contribution in [0.5, 0.6) is 0 Å². The molecule has 7 nitrogen and oxygen atoms in total. The third-order valence-electron chi connectivity index (χ3n) is 4.76. The van der Waals surface area contributed by atoms with Crippen molar-refractivity contribution < 1.29 is 14.0 Å². The number of benzene rings is 1. The minimum Gasteiger partial charge on any atom is -0.469 e. The molecule has 3 aromatic rings. The van der Waals surface area contributed by atoms with Crippen LogP contribution in [0.1, 0.15) is 32.9 Å². The first-order chi connectivity index (χ1) is 14.1. The van der Waals surface area contributed by atoms with Gasteiger partial charge >= 0.3 is 0 Å². The molecule has 2 aromatic heterocycles. The highest BCUT2D eigenvalue weighted by Crippen LogP contribution is 2.28. The Morgan fingerprint density at radius 3 is 2.45 bits per heavy atom. The van der Waals surface area contributed by atoms with Gasteiger partial charge in [-0.2, -0.15) is 0 Å². The van der Waals surface area contributed by atoms with Crippen LogP contribution < -0.4 is 0 Å². The summed E-state index contributed by atoms with van der Waals surface area (Å²) in [7, 11) is 0. The van der Waals surface area contributed by atoms with Crippen molar-refractivity contribution in [1.29, 1.82) is 0 Å². The van der Waals surface area contributed by atoms with Gasteiger partial charge in [0.15, 0.2) is 11.0 Å². The lowest BCUT2D eigenvalue weighted by Gasteiger charge is -2.13. The number of aromatic nitrogens is 3. The minimum atomic E-state index is -0.219. The van der Waals surface area contributed by atoms with Crippen molar-refractivity contribution in [1.82, 2.24) is 19.7 Å². The van der Waals surface area contributed by atoms with Crippen LogP contribution in [0.15, 0.2) is 58.8 Å². The number of imide groups is 1. The molecule has 1 aromatic carbocycles. The monoisotopic (exact) mass is 408 g/mol. The van der Waals surface area contributed by atoms with E-state index < -0.39 is 0 Å². The summed E-state index contributed by atoms with van der Waals surface area (Å²) in [6.07, 6.45) is 4.09. The van der Waals surface area contributed by atoms with Crippen LogP contribution in [0, 0.1) is 6.92 Å². The Balaban J connectivity index is 1.40. The van der Waals surface area contributed by atoms with Gasteiger partial charge in [-0.05, 0) is 31.5 Å². The van der Waals surface area contributed by atoms with Crippen molar-refractivity contribution >= 4 is 23.6 Å². The summed E-state index contributed by atoms with van der Waals surface area (Å²) in [4.78, 5) is 26.2. The number of carbonyl (C=O) groups is 2. The van der Waals surface area contributed by atoms with Crippen LogP contribution in [0.4, 0.5) is 0 Å². The van der Waals surface area contributed by atoms with Crippen molar-refractivity contribution in [3.63, 3.8) is 0 Å². The van der Waals surface area contributed by atoms with Crippen LogP contribution >= 0.6 is 11.8 Å². The van der Waals surface area contributed by atoms with Crippen LogP contribution in [0.2, 0.25) is 0 Å². The zero-order chi connectivity index (χ0) is 20.4. The van der Waals surface area contributed by atoms with E-state index in [9.17, 15) is 9.59 Å². The lowest BCUT2D eigenvalue weighted by Crippen LogP contribution is -2.31. The summed E-state index contributed by atoms with van der Waals surface area (Å²) >= 11 is 1.54.